The number of hydrogen-bond donors (Lipinski definition) is 1. The Kier molecular flexibility index (Phi) is 8.98. The second-order valence-corrected chi connectivity index (χ2v) is 9.97. The van der Waals surface area contributed by atoms with Crippen molar-refractivity contribution in [1.82, 2.24) is 19.8 Å². The molecule has 0 aliphatic carbocycles. The van der Waals surface area contributed by atoms with E-state index in [1.54, 1.807) is 0 Å². The number of carbonyl (C=O) groups excluding carboxylic acids is 1. The van der Waals surface area contributed by atoms with Crippen LogP contribution in [0.15, 0.2) is 110 Å². The molecule has 0 aliphatic rings. The Morgan fingerprint density at radius 2 is 1.65 bits per heavy atom. The van der Waals surface area contributed by atoms with Gasteiger partial charge in [-0.15, -0.1) is 0 Å². The number of aryl methyl sites for hydroxylation is 1. The zero-order valence-corrected chi connectivity index (χ0v) is 22.5. The number of carbonyl (C=O) groups is 1. The number of aromatic nitrogens is 2. The highest BCUT2D eigenvalue weighted by molar-refractivity contribution is 6.06. The molecule has 1 aromatic heterocycles. The predicted molar refractivity (Wildman–Crippen MR) is 159 cm³/mol. The summed E-state index contributed by atoms with van der Waals surface area (Å²) in [6.07, 6.45) is 5.80. The van der Waals surface area contributed by atoms with E-state index in [0.29, 0.717) is 24.2 Å². The lowest BCUT2D eigenvalue weighted by Crippen LogP contribution is -2.36. The van der Waals surface area contributed by atoms with Crippen molar-refractivity contribution in [3.05, 3.63) is 138 Å². The maximum atomic E-state index is 13.1. The summed E-state index contributed by atoms with van der Waals surface area (Å²) in [6, 6.07) is 34.2. The summed E-state index contributed by atoms with van der Waals surface area (Å²) in [5.41, 5.74) is 4.93. The van der Waals surface area contributed by atoms with Crippen molar-refractivity contribution in [3.63, 3.8) is 0 Å². The summed E-state index contributed by atoms with van der Waals surface area (Å²) in [5, 5.41) is 14.3. The van der Waals surface area contributed by atoms with Crippen LogP contribution in [0.4, 0.5) is 0 Å². The molecule has 0 bridgehead atoms. The monoisotopic (exact) mass is 527 g/mol. The van der Waals surface area contributed by atoms with Crippen LogP contribution in [0.3, 0.4) is 0 Å². The van der Waals surface area contributed by atoms with E-state index < -0.39 is 0 Å². The first-order chi connectivity index (χ1) is 19.7. The summed E-state index contributed by atoms with van der Waals surface area (Å²) < 4.78 is 2.15. The van der Waals surface area contributed by atoms with Gasteiger partial charge >= 0.3 is 0 Å². The number of nitrogens with zero attached hydrogens (tertiary/aromatic N) is 4. The van der Waals surface area contributed by atoms with Gasteiger partial charge in [-0.2, -0.15) is 5.26 Å². The normalized spacial score (nSPS) is 11.0. The molecule has 0 saturated heterocycles. The van der Waals surface area contributed by atoms with Crippen molar-refractivity contribution in [1.29, 1.82) is 5.26 Å². The summed E-state index contributed by atoms with van der Waals surface area (Å²) >= 11 is 0. The maximum Gasteiger partial charge on any atom is 0.251 e. The van der Waals surface area contributed by atoms with Crippen LogP contribution in [0.25, 0.3) is 10.8 Å². The third-order valence-corrected chi connectivity index (χ3v) is 7.15. The van der Waals surface area contributed by atoms with Gasteiger partial charge < -0.3 is 9.88 Å². The van der Waals surface area contributed by atoms with E-state index in [9.17, 15) is 4.79 Å². The Hall–Kier alpha value is -4.73. The molecular weight excluding hydrogens is 494 g/mol. The number of benzene rings is 4. The largest absolute Gasteiger partial charge is 0.351 e. The molecule has 5 rings (SSSR count). The maximum absolute atomic E-state index is 13.1. The van der Waals surface area contributed by atoms with E-state index in [4.69, 9.17) is 5.26 Å². The van der Waals surface area contributed by atoms with Gasteiger partial charge in [-0.3, -0.25) is 9.69 Å². The number of rotatable bonds is 12. The van der Waals surface area contributed by atoms with E-state index in [0.717, 1.165) is 54.5 Å². The number of hydrogen-bond acceptors (Lipinski definition) is 4. The van der Waals surface area contributed by atoms with Crippen LogP contribution in [0, 0.1) is 11.3 Å². The van der Waals surface area contributed by atoms with Crippen LogP contribution in [0.1, 0.15) is 39.2 Å². The third-order valence-electron chi connectivity index (χ3n) is 7.15. The lowest BCUT2D eigenvalue weighted by Gasteiger charge is -2.23. The molecule has 40 heavy (non-hydrogen) atoms. The van der Waals surface area contributed by atoms with Gasteiger partial charge in [0.2, 0.25) is 0 Å². The lowest BCUT2D eigenvalue weighted by molar-refractivity contribution is 0.0949. The molecule has 200 valence electrons. The summed E-state index contributed by atoms with van der Waals surface area (Å²) in [4.78, 5) is 19.9. The minimum absolute atomic E-state index is 0.0492. The third kappa shape index (κ3) is 7.02. The van der Waals surface area contributed by atoms with Crippen LogP contribution < -0.4 is 5.32 Å². The highest BCUT2D eigenvalue weighted by Crippen LogP contribution is 2.18. The molecule has 0 aliphatic heterocycles. The number of fused-ring (bicyclic) bond motifs is 1. The smallest absolute Gasteiger partial charge is 0.251 e. The molecule has 6 heteroatoms. The molecule has 5 aromatic rings. The van der Waals surface area contributed by atoms with E-state index in [2.05, 4.69) is 50.1 Å². The summed E-state index contributed by atoms with van der Waals surface area (Å²) in [7, 11) is 0. The molecule has 0 fully saturated rings. The number of nitriles is 1. The predicted octanol–water partition coefficient (Wildman–Crippen LogP) is 5.82. The standard InChI is InChI=1S/C34H33N5O/c35-22-28-15-17-29(18-16-28)24-39-26-36-23-31(39)25-38(20-7-10-27-8-2-1-3-9-27)21-19-37-34(40)33-14-6-12-30-11-4-5-13-32(30)33/h1-6,8-9,11-18,23,26H,7,10,19-21,24-25H2,(H,37,40). The molecule has 0 atom stereocenters. The number of nitrogens with one attached hydrogen (secondary N) is 1. The van der Waals surface area contributed by atoms with Gasteiger partial charge in [0.25, 0.3) is 5.91 Å². The Balaban J connectivity index is 1.24. The van der Waals surface area contributed by atoms with Crippen molar-refractivity contribution >= 4 is 16.7 Å². The van der Waals surface area contributed by atoms with E-state index in [-0.39, 0.29) is 5.91 Å². The first-order valence-electron chi connectivity index (χ1n) is 13.7. The Labute approximate surface area is 235 Å². The van der Waals surface area contributed by atoms with Gasteiger partial charge in [-0.05, 0) is 59.5 Å². The minimum atomic E-state index is -0.0492. The lowest BCUT2D eigenvalue weighted by atomic mass is 10.0. The fraction of sp³-hybridized carbons (Fsp3) is 0.206. The average Bonchev–Trinajstić information content (AvgIpc) is 3.43. The Morgan fingerprint density at radius 1 is 0.875 bits per heavy atom. The molecule has 0 unspecified atom stereocenters. The van der Waals surface area contributed by atoms with Gasteiger partial charge in [-0.25, -0.2) is 4.98 Å². The van der Waals surface area contributed by atoms with Crippen molar-refractivity contribution in [2.75, 3.05) is 19.6 Å². The van der Waals surface area contributed by atoms with Crippen molar-refractivity contribution in [3.8, 4) is 6.07 Å². The van der Waals surface area contributed by atoms with Crippen LogP contribution >= 0.6 is 0 Å². The van der Waals surface area contributed by atoms with E-state index in [1.165, 1.54) is 5.56 Å². The summed E-state index contributed by atoms with van der Waals surface area (Å²) in [5.74, 6) is -0.0492. The van der Waals surface area contributed by atoms with Gasteiger partial charge in [0, 0.05) is 37.9 Å². The van der Waals surface area contributed by atoms with Crippen LogP contribution in [-0.2, 0) is 19.5 Å². The van der Waals surface area contributed by atoms with Crippen LogP contribution in [-0.4, -0.2) is 40.0 Å². The summed E-state index contributed by atoms with van der Waals surface area (Å²) in [6.45, 7) is 3.61. The fourth-order valence-electron chi connectivity index (χ4n) is 5.00. The van der Waals surface area contributed by atoms with Gasteiger partial charge in [0.1, 0.15) is 0 Å². The van der Waals surface area contributed by atoms with Crippen molar-refractivity contribution in [2.24, 2.45) is 0 Å². The number of amides is 1. The topological polar surface area (TPSA) is 74.0 Å². The fourth-order valence-corrected chi connectivity index (χ4v) is 5.00. The van der Waals surface area contributed by atoms with Crippen LogP contribution in [0.5, 0.6) is 0 Å². The van der Waals surface area contributed by atoms with Gasteiger partial charge in [0.15, 0.2) is 0 Å². The highest BCUT2D eigenvalue weighted by Gasteiger charge is 2.13. The zero-order chi connectivity index (χ0) is 27.6. The molecule has 0 spiro atoms. The molecule has 4 aromatic carbocycles. The highest BCUT2D eigenvalue weighted by atomic mass is 16.1. The molecule has 6 nitrogen and oxygen atoms in total. The molecule has 0 radical (unpaired) electrons. The second kappa shape index (κ2) is 13.4. The first-order valence-corrected chi connectivity index (χ1v) is 13.7. The van der Waals surface area contributed by atoms with Gasteiger partial charge in [-0.1, -0.05) is 78.9 Å². The van der Waals surface area contributed by atoms with E-state index in [1.807, 2.05) is 85.3 Å². The Bertz CT molecular complexity index is 1580. The molecule has 1 amide bonds. The quantitative estimate of drug-likeness (QED) is 0.222. The zero-order valence-electron chi connectivity index (χ0n) is 22.5. The van der Waals surface area contributed by atoms with E-state index >= 15 is 0 Å². The molecule has 1 heterocycles. The average molecular weight is 528 g/mol. The Morgan fingerprint density at radius 3 is 2.48 bits per heavy atom. The second-order valence-electron chi connectivity index (χ2n) is 9.97. The van der Waals surface area contributed by atoms with Crippen molar-refractivity contribution < 1.29 is 4.79 Å². The van der Waals surface area contributed by atoms with Gasteiger partial charge in [0.05, 0.1) is 23.7 Å². The molecule has 1 N–H and O–H groups in total. The minimum Gasteiger partial charge on any atom is -0.351 e. The number of imidazole rings is 1. The SMILES string of the molecule is N#Cc1ccc(Cn2cncc2CN(CCCc2ccccc2)CCNC(=O)c2cccc3ccccc23)cc1. The van der Waals surface area contributed by atoms with Crippen molar-refractivity contribution in [2.45, 2.75) is 25.9 Å². The molecular formula is C34H33N5O. The molecule has 0 saturated carbocycles. The first kappa shape index (κ1) is 26.9. The van der Waals surface area contributed by atoms with Crippen LogP contribution in [0.2, 0.25) is 0 Å².